The molecular formula is C17H10FN3O4S2. The largest absolute Gasteiger partial charge is 0.453 e. The summed E-state index contributed by atoms with van der Waals surface area (Å²) in [5.74, 6) is -1.01. The zero-order valence-electron chi connectivity index (χ0n) is 13.4. The second kappa shape index (κ2) is 7.53. The van der Waals surface area contributed by atoms with Crippen LogP contribution in [-0.4, -0.2) is 19.7 Å². The first-order valence-electron chi connectivity index (χ1n) is 7.32. The van der Waals surface area contributed by atoms with Crippen molar-refractivity contribution in [1.29, 1.82) is 5.26 Å². The molecule has 3 aromatic rings. The minimum atomic E-state index is -3.94. The van der Waals surface area contributed by atoms with Crippen molar-refractivity contribution in [3.05, 3.63) is 64.9 Å². The number of rotatable bonds is 6. The van der Waals surface area contributed by atoms with E-state index in [9.17, 15) is 22.9 Å². The Labute approximate surface area is 157 Å². The average molecular weight is 403 g/mol. The molecule has 0 saturated heterocycles. The maximum Gasteiger partial charge on any atom is 0.263 e. The first kappa shape index (κ1) is 18.5. The molecule has 2 aromatic carbocycles. The summed E-state index contributed by atoms with van der Waals surface area (Å²) in [5.41, 5.74) is 0.0333. The fraction of sp³-hybridized carbons (Fsp3) is 0. The van der Waals surface area contributed by atoms with E-state index >= 15 is 0 Å². The molecule has 0 aliphatic heterocycles. The van der Waals surface area contributed by atoms with E-state index in [1.54, 1.807) is 5.38 Å². The van der Waals surface area contributed by atoms with E-state index < -0.39 is 15.8 Å². The molecule has 1 aromatic heterocycles. The normalized spacial score (nSPS) is 10.8. The number of halogens is 1. The maximum absolute atomic E-state index is 14.0. The van der Waals surface area contributed by atoms with Gasteiger partial charge in [-0.3, -0.25) is 9.52 Å². The Kier molecular flexibility index (Phi) is 5.16. The Morgan fingerprint density at radius 2 is 2.00 bits per heavy atom. The number of thiazole rings is 1. The first-order valence-corrected chi connectivity index (χ1v) is 9.68. The summed E-state index contributed by atoms with van der Waals surface area (Å²) in [6.45, 7) is 0. The van der Waals surface area contributed by atoms with Crippen LogP contribution in [0.2, 0.25) is 0 Å². The van der Waals surface area contributed by atoms with Crippen LogP contribution in [0.5, 0.6) is 11.5 Å². The summed E-state index contributed by atoms with van der Waals surface area (Å²) < 4.78 is 46.4. The van der Waals surface area contributed by atoms with E-state index in [2.05, 4.69) is 9.71 Å². The summed E-state index contributed by atoms with van der Waals surface area (Å²) in [4.78, 5) is 14.3. The van der Waals surface area contributed by atoms with Gasteiger partial charge in [0.2, 0.25) is 0 Å². The quantitative estimate of drug-likeness (QED) is 0.630. The van der Waals surface area contributed by atoms with Gasteiger partial charge in [-0.1, -0.05) is 0 Å². The predicted molar refractivity (Wildman–Crippen MR) is 95.9 cm³/mol. The van der Waals surface area contributed by atoms with Crippen molar-refractivity contribution >= 4 is 32.8 Å². The van der Waals surface area contributed by atoms with Crippen LogP contribution in [0.15, 0.2) is 52.9 Å². The molecule has 0 spiro atoms. The van der Waals surface area contributed by atoms with Gasteiger partial charge >= 0.3 is 0 Å². The lowest BCUT2D eigenvalue weighted by atomic mass is 10.2. The van der Waals surface area contributed by atoms with Crippen molar-refractivity contribution < 1.29 is 22.3 Å². The topological polar surface area (TPSA) is 109 Å². The summed E-state index contributed by atoms with van der Waals surface area (Å²) in [6, 6.07) is 9.00. The van der Waals surface area contributed by atoms with Crippen LogP contribution >= 0.6 is 11.3 Å². The highest BCUT2D eigenvalue weighted by atomic mass is 32.2. The van der Waals surface area contributed by atoms with Crippen LogP contribution in [0.3, 0.4) is 0 Å². The van der Waals surface area contributed by atoms with Gasteiger partial charge in [0.05, 0.1) is 10.5 Å². The summed E-state index contributed by atoms with van der Waals surface area (Å²) in [6.07, 6.45) is 1.94. The monoisotopic (exact) mass is 403 g/mol. The van der Waals surface area contributed by atoms with Crippen LogP contribution in [0.1, 0.15) is 15.9 Å². The third-order valence-electron chi connectivity index (χ3n) is 3.35. The number of carbonyl (C=O) groups is 1. The van der Waals surface area contributed by atoms with Gasteiger partial charge < -0.3 is 4.74 Å². The van der Waals surface area contributed by atoms with E-state index in [-0.39, 0.29) is 32.7 Å². The molecule has 1 N–H and O–H groups in total. The van der Waals surface area contributed by atoms with Gasteiger partial charge in [-0.15, -0.1) is 11.3 Å². The summed E-state index contributed by atoms with van der Waals surface area (Å²) in [5, 5.41) is 11.1. The van der Waals surface area contributed by atoms with Gasteiger partial charge in [-0.2, -0.15) is 5.26 Å². The van der Waals surface area contributed by atoms with Crippen LogP contribution in [0.4, 0.5) is 9.52 Å². The lowest BCUT2D eigenvalue weighted by Crippen LogP contribution is -2.13. The van der Waals surface area contributed by atoms with Gasteiger partial charge in [0.15, 0.2) is 16.7 Å². The highest BCUT2D eigenvalue weighted by Crippen LogP contribution is 2.30. The van der Waals surface area contributed by atoms with Gasteiger partial charge in [0.1, 0.15) is 18.1 Å². The number of anilines is 1. The number of aromatic nitrogens is 1. The lowest BCUT2D eigenvalue weighted by Gasteiger charge is -2.11. The molecule has 136 valence electrons. The van der Waals surface area contributed by atoms with E-state index in [1.165, 1.54) is 30.5 Å². The van der Waals surface area contributed by atoms with Crippen molar-refractivity contribution in [2.24, 2.45) is 0 Å². The number of ether oxygens (including phenoxy) is 1. The summed E-state index contributed by atoms with van der Waals surface area (Å²) >= 11 is 1.11. The highest BCUT2D eigenvalue weighted by Gasteiger charge is 2.19. The number of aldehydes is 1. The Bertz CT molecular complexity index is 1140. The van der Waals surface area contributed by atoms with Crippen LogP contribution in [-0.2, 0) is 10.0 Å². The molecule has 1 heterocycles. The van der Waals surface area contributed by atoms with E-state index in [0.717, 1.165) is 23.5 Å². The molecular weight excluding hydrogens is 393 g/mol. The second-order valence-electron chi connectivity index (χ2n) is 5.12. The minimum Gasteiger partial charge on any atom is -0.453 e. The van der Waals surface area contributed by atoms with Gasteiger partial charge in [0.25, 0.3) is 10.0 Å². The fourth-order valence-electron chi connectivity index (χ4n) is 2.09. The Balaban J connectivity index is 1.91. The number of sulfonamides is 1. The Hall–Kier alpha value is -3.29. The number of benzene rings is 2. The minimum absolute atomic E-state index is 0.0246. The molecule has 0 radical (unpaired) electrons. The van der Waals surface area contributed by atoms with Crippen LogP contribution < -0.4 is 9.46 Å². The van der Waals surface area contributed by atoms with Gasteiger partial charge in [-0.05, 0) is 36.4 Å². The molecule has 0 fully saturated rings. The second-order valence-corrected chi connectivity index (χ2v) is 7.70. The van der Waals surface area contributed by atoms with Crippen LogP contribution in [0.25, 0.3) is 0 Å². The molecule has 7 nitrogen and oxygen atoms in total. The van der Waals surface area contributed by atoms with E-state index in [0.29, 0.717) is 6.29 Å². The maximum atomic E-state index is 14.0. The first-order chi connectivity index (χ1) is 12.9. The van der Waals surface area contributed by atoms with E-state index in [4.69, 9.17) is 4.74 Å². The molecule has 27 heavy (non-hydrogen) atoms. The van der Waals surface area contributed by atoms with Crippen molar-refractivity contribution in [2.75, 3.05) is 4.72 Å². The fourth-order valence-corrected chi connectivity index (χ4v) is 3.91. The highest BCUT2D eigenvalue weighted by molar-refractivity contribution is 7.93. The van der Waals surface area contributed by atoms with Gasteiger partial charge in [-0.25, -0.2) is 17.8 Å². The standard InChI is InChI=1S/C17H10FN3O4S2/c18-14-7-11(10-22)1-3-16(14)25-15-4-2-13(8-12(15)9-19)27(23,24)21-17-20-5-6-26-17/h1-8,10H,(H,20,21). The molecule has 3 rings (SSSR count). The third kappa shape index (κ3) is 4.11. The number of carbonyl (C=O) groups excluding carboxylic acids is 1. The van der Waals surface area contributed by atoms with Crippen molar-refractivity contribution in [3.8, 4) is 17.6 Å². The van der Waals surface area contributed by atoms with Crippen molar-refractivity contribution in [2.45, 2.75) is 4.90 Å². The zero-order valence-corrected chi connectivity index (χ0v) is 15.1. The number of nitrogens with one attached hydrogen (secondary N) is 1. The molecule has 0 aliphatic carbocycles. The smallest absolute Gasteiger partial charge is 0.263 e. The number of nitriles is 1. The summed E-state index contributed by atoms with van der Waals surface area (Å²) in [7, 11) is -3.94. The number of hydrogen-bond donors (Lipinski definition) is 1. The molecule has 0 amide bonds. The SMILES string of the molecule is N#Cc1cc(S(=O)(=O)Nc2nccs2)ccc1Oc1ccc(C=O)cc1F. The molecule has 0 aliphatic rings. The van der Waals surface area contributed by atoms with Crippen molar-refractivity contribution in [1.82, 2.24) is 4.98 Å². The predicted octanol–water partition coefficient (Wildman–Crippen LogP) is 3.56. The lowest BCUT2D eigenvalue weighted by molar-refractivity contribution is 0.112. The molecule has 0 atom stereocenters. The van der Waals surface area contributed by atoms with E-state index in [1.807, 2.05) is 6.07 Å². The zero-order chi connectivity index (χ0) is 19.4. The molecule has 0 bridgehead atoms. The Morgan fingerprint density at radius 1 is 1.22 bits per heavy atom. The Morgan fingerprint density at radius 3 is 2.63 bits per heavy atom. The van der Waals surface area contributed by atoms with Gasteiger partial charge in [0, 0.05) is 17.1 Å². The molecule has 10 heteroatoms. The molecule has 0 unspecified atom stereocenters. The number of hydrogen-bond acceptors (Lipinski definition) is 7. The molecule has 0 saturated carbocycles. The third-order valence-corrected chi connectivity index (χ3v) is 5.50. The van der Waals surface area contributed by atoms with Crippen molar-refractivity contribution in [3.63, 3.8) is 0 Å². The average Bonchev–Trinajstić information content (AvgIpc) is 3.15. The number of nitrogens with zero attached hydrogens (tertiary/aromatic N) is 2. The van der Waals surface area contributed by atoms with Crippen LogP contribution in [0, 0.1) is 17.1 Å².